The summed E-state index contributed by atoms with van der Waals surface area (Å²) in [6.07, 6.45) is 0. The summed E-state index contributed by atoms with van der Waals surface area (Å²) >= 11 is 1.46. The van der Waals surface area contributed by atoms with Gasteiger partial charge in [-0.15, -0.1) is 5.10 Å². The average Bonchev–Trinajstić information content (AvgIpc) is 3.38. The summed E-state index contributed by atoms with van der Waals surface area (Å²) in [6.45, 7) is 11.5. The molecule has 0 atom stereocenters. The molecule has 0 fully saturated rings. The number of carbonyl (C=O) groups is 1. The van der Waals surface area contributed by atoms with Crippen LogP contribution in [0.1, 0.15) is 38.8 Å². The van der Waals surface area contributed by atoms with Crippen molar-refractivity contribution in [3.8, 4) is 17.0 Å². The third-order valence-electron chi connectivity index (χ3n) is 5.47. The van der Waals surface area contributed by atoms with Crippen LogP contribution >= 0.6 is 11.3 Å². The number of nitrogens with one attached hydrogen (secondary N) is 2. The minimum atomic E-state index is -0.178. The molecule has 1 amide bonds. The average molecular weight is 507 g/mol. The third-order valence-corrected chi connectivity index (χ3v) is 6.49. The van der Waals surface area contributed by atoms with Crippen molar-refractivity contribution >= 4 is 33.2 Å². The maximum Gasteiger partial charge on any atom is 0.239 e. The number of imidazole rings is 1. The van der Waals surface area contributed by atoms with E-state index in [0.717, 1.165) is 38.5 Å². The van der Waals surface area contributed by atoms with Gasteiger partial charge in [-0.25, -0.2) is 4.98 Å². The van der Waals surface area contributed by atoms with E-state index >= 15 is 0 Å². The van der Waals surface area contributed by atoms with Gasteiger partial charge in [-0.2, -0.15) is 4.52 Å². The molecule has 0 aliphatic carbocycles. The van der Waals surface area contributed by atoms with Gasteiger partial charge in [0.2, 0.25) is 16.0 Å². The number of rotatable bonds is 9. The molecule has 0 radical (unpaired) electrons. The number of aryl methyl sites for hydroxylation is 1. The number of fused-ring (bicyclic) bond motifs is 1. The Balaban J connectivity index is 1.51. The maximum atomic E-state index is 12.7. The van der Waals surface area contributed by atoms with Crippen LogP contribution < -0.4 is 20.3 Å². The number of para-hydroxylation sites is 1. The highest BCUT2D eigenvalue weighted by molar-refractivity contribution is 7.20. The predicted molar refractivity (Wildman–Crippen MR) is 147 cm³/mol. The lowest BCUT2D eigenvalue weighted by molar-refractivity contribution is -0.119. The molecule has 0 bridgehead atoms. The smallest absolute Gasteiger partial charge is 0.239 e. The molecule has 36 heavy (non-hydrogen) atoms. The van der Waals surface area contributed by atoms with Gasteiger partial charge >= 0.3 is 0 Å². The zero-order chi connectivity index (χ0) is 25.9. The van der Waals surface area contributed by atoms with Crippen molar-refractivity contribution in [2.24, 2.45) is 0 Å². The summed E-state index contributed by atoms with van der Waals surface area (Å²) < 4.78 is 7.49. The number of amides is 1. The summed E-state index contributed by atoms with van der Waals surface area (Å²) in [4.78, 5) is 20.2. The second-order valence-corrected chi connectivity index (χ2v) is 10.7. The number of anilines is 2. The molecule has 2 aromatic heterocycles. The Morgan fingerprint density at radius 2 is 1.86 bits per heavy atom. The van der Waals surface area contributed by atoms with Crippen LogP contribution in [0.3, 0.4) is 0 Å². The first-order valence-corrected chi connectivity index (χ1v) is 12.9. The standard InChI is InChI=1S/C27H34N6O2S/c1-7-35-21-11-9-8-10-20(21)16-28-22(34)17-32(6)26-31-33-24(30-27(3,4)5)23(29-25(33)36-26)19-14-12-18(2)13-15-19/h8-15,30H,7,16-17H2,1-6H3,(H,28,34). The van der Waals surface area contributed by atoms with Gasteiger partial charge in [-0.1, -0.05) is 59.4 Å². The van der Waals surface area contributed by atoms with Crippen LogP contribution in [0.2, 0.25) is 0 Å². The zero-order valence-corrected chi connectivity index (χ0v) is 22.6. The highest BCUT2D eigenvalue weighted by Crippen LogP contribution is 2.34. The summed E-state index contributed by atoms with van der Waals surface area (Å²) in [7, 11) is 1.86. The molecular formula is C27H34N6O2S. The Hall–Kier alpha value is -3.59. The summed E-state index contributed by atoms with van der Waals surface area (Å²) in [6, 6.07) is 16.1. The second kappa shape index (κ2) is 10.6. The van der Waals surface area contributed by atoms with E-state index in [-0.39, 0.29) is 18.0 Å². The maximum absolute atomic E-state index is 12.7. The minimum absolute atomic E-state index is 0.0926. The molecule has 0 aliphatic rings. The number of ether oxygens (including phenoxy) is 1. The molecule has 0 saturated carbocycles. The molecule has 4 rings (SSSR count). The van der Waals surface area contributed by atoms with Gasteiger partial charge in [0.1, 0.15) is 11.4 Å². The van der Waals surface area contributed by atoms with E-state index < -0.39 is 0 Å². The first-order chi connectivity index (χ1) is 17.1. The predicted octanol–water partition coefficient (Wildman–Crippen LogP) is 5.13. The van der Waals surface area contributed by atoms with E-state index in [1.54, 1.807) is 0 Å². The van der Waals surface area contributed by atoms with Crippen molar-refractivity contribution in [1.82, 2.24) is 19.9 Å². The summed E-state index contributed by atoms with van der Waals surface area (Å²) in [5, 5.41) is 12.1. The van der Waals surface area contributed by atoms with Gasteiger partial charge in [-0.3, -0.25) is 4.79 Å². The monoisotopic (exact) mass is 506 g/mol. The number of likely N-dealkylation sites (N-methyl/N-ethyl adjacent to an activating group) is 1. The van der Waals surface area contributed by atoms with E-state index in [0.29, 0.717) is 13.2 Å². The molecule has 4 aromatic rings. The van der Waals surface area contributed by atoms with Crippen LogP contribution in [0.25, 0.3) is 16.2 Å². The van der Waals surface area contributed by atoms with Crippen LogP contribution in [0.5, 0.6) is 5.75 Å². The fraction of sp³-hybridized carbons (Fsp3) is 0.370. The third kappa shape index (κ3) is 5.96. The van der Waals surface area contributed by atoms with Gasteiger partial charge in [0.25, 0.3) is 0 Å². The number of benzene rings is 2. The molecular weight excluding hydrogens is 472 g/mol. The summed E-state index contributed by atoms with van der Waals surface area (Å²) in [5.74, 6) is 1.54. The molecule has 9 heteroatoms. The van der Waals surface area contributed by atoms with Crippen molar-refractivity contribution in [3.63, 3.8) is 0 Å². The van der Waals surface area contributed by atoms with Crippen molar-refractivity contribution in [3.05, 3.63) is 59.7 Å². The lowest BCUT2D eigenvalue weighted by atomic mass is 10.1. The number of nitrogens with zero attached hydrogens (tertiary/aromatic N) is 4. The van der Waals surface area contributed by atoms with Crippen molar-refractivity contribution in [2.75, 3.05) is 30.4 Å². The number of aromatic nitrogens is 3. The fourth-order valence-corrected chi connectivity index (χ4v) is 4.61. The Bertz CT molecular complexity index is 1340. The van der Waals surface area contributed by atoms with E-state index in [2.05, 4.69) is 62.6 Å². The van der Waals surface area contributed by atoms with Crippen LogP contribution in [0, 0.1) is 6.92 Å². The molecule has 0 unspecified atom stereocenters. The van der Waals surface area contributed by atoms with E-state index in [4.69, 9.17) is 14.8 Å². The van der Waals surface area contributed by atoms with Gasteiger partial charge in [0.05, 0.1) is 13.2 Å². The molecule has 190 valence electrons. The van der Waals surface area contributed by atoms with E-state index in [9.17, 15) is 4.79 Å². The van der Waals surface area contributed by atoms with Crippen LogP contribution in [-0.4, -0.2) is 46.2 Å². The number of carbonyl (C=O) groups excluding carboxylic acids is 1. The lowest BCUT2D eigenvalue weighted by Gasteiger charge is -2.22. The van der Waals surface area contributed by atoms with Crippen LogP contribution in [-0.2, 0) is 11.3 Å². The van der Waals surface area contributed by atoms with Crippen LogP contribution in [0.15, 0.2) is 48.5 Å². The first-order valence-electron chi connectivity index (χ1n) is 12.1. The van der Waals surface area contributed by atoms with Gasteiger partial charge in [-0.05, 0) is 40.7 Å². The Morgan fingerprint density at radius 1 is 1.14 bits per heavy atom. The van der Waals surface area contributed by atoms with Crippen molar-refractivity contribution in [2.45, 2.75) is 46.7 Å². The Kier molecular flexibility index (Phi) is 7.49. The van der Waals surface area contributed by atoms with Gasteiger partial charge < -0.3 is 20.3 Å². The highest BCUT2D eigenvalue weighted by atomic mass is 32.1. The van der Waals surface area contributed by atoms with Crippen molar-refractivity contribution in [1.29, 1.82) is 0 Å². The van der Waals surface area contributed by atoms with Gasteiger partial charge in [0, 0.05) is 30.3 Å². The van der Waals surface area contributed by atoms with Crippen molar-refractivity contribution < 1.29 is 9.53 Å². The molecule has 0 aliphatic heterocycles. The Labute approximate surface area is 216 Å². The van der Waals surface area contributed by atoms with Crippen LogP contribution in [0.4, 0.5) is 10.9 Å². The number of hydrogen-bond acceptors (Lipinski definition) is 7. The molecule has 0 saturated heterocycles. The zero-order valence-electron chi connectivity index (χ0n) is 21.8. The molecule has 2 heterocycles. The SMILES string of the molecule is CCOc1ccccc1CNC(=O)CN(C)c1nn2c(NC(C)(C)C)c(-c3ccc(C)cc3)nc2s1. The molecule has 2 N–H and O–H groups in total. The van der Waals surface area contributed by atoms with E-state index in [1.165, 1.54) is 16.9 Å². The molecule has 2 aromatic carbocycles. The topological polar surface area (TPSA) is 83.8 Å². The minimum Gasteiger partial charge on any atom is -0.494 e. The van der Waals surface area contributed by atoms with Gasteiger partial charge in [0.15, 0.2) is 5.82 Å². The second-order valence-electron chi connectivity index (χ2n) is 9.80. The summed E-state index contributed by atoms with van der Waals surface area (Å²) in [5.41, 5.74) is 3.87. The van der Waals surface area contributed by atoms with E-state index in [1.807, 2.05) is 47.7 Å². The quantitative estimate of drug-likeness (QED) is 0.328. The lowest BCUT2D eigenvalue weighted by Crippen LogP contribution is -2.35. The highest BCUT2D eigenvalue weighted by Gasteiger charge is 2.23. The normalized spacial score (nSPS) is 11.5. The first kappa shape index (κ1) is 25.5. The molecule has 8 nitrogen and oxygen atoms in total. The fourth-order valence-electron chi connectivity index (χ4n) is 3.75. The Morgan fingerprint density at radius 3 is 2.56 bits per heavy atom. The number of hydrogen-bond donors (Lipinski definition) is 2. The molecule has 0 spiro atoms. The largest absolute Gasteiger partial charge is 0.494 e.